The molecule has 0 aliphatic carbocycles. The first-order chi connectivity index (χ1) is 12.0. The maximum atomic E-state index is 12.5. The molecular weight excluding hydrogens is 322 g/mol. The Morgan fingerprint density at radius 2 is 1.88 bits per heavy atom. The van der Waals surface area contributed by atoms with E-state index in [-0.39, 0.29) is 18.4 Å². The SMILES string of the molecule is CC(=O)N1CCC(N2CCN(C(=O)Cn3cccn3)C[C@H](O)C2)CC1. The second-order valence-corrected chi connectivity index (χ2v) is 6.93. The summed E-state index contributed by atoms with van der Waals surface area (Å²) < 4.78 is 1.61. The molecule has 0 radical (unpaired) electrons. The molecule has 1 N–H and O–H groups in total. The molecule has 0 spiro atoms. The van der Waals surface area contributed by atoms with Gasteiger partial charge in [-0.05, 0) is 18.9 Å². The lowest BCUT2D eigenvalue weighted by Crippen LogP contribution is -2.48. The number of likely N-dealkylation sites (tertiary alicyclic amines) is 1. The summed E-state index contributed by atoms with van der Waals surface area (Å²) in [5.41, 5.74) is 0. The average Bonchev–Trinajstić information content (AvgIpc) is 3.02. The lowest BCUT2D eigenvalue weighted by atomic mass is 10.0. The Morgan fingerprint density at radius 1 is 1.12 bits per heavy atom. The van der Waals surface area contributed by atoms with Crippen molar-refractivity contribution in [3.8, 4) is 0 Å². The second-order valence-electron chi connectivity index (χ2n) is 6.93. The van der Waals surface area contributed by atoms with E-state index in [1.54, 1.807) is 35.0 Å². The van der Waals surface area contributed by atoms with Gasteiger partial charge in [0, 0.05) is 64.6 Å². The third kappa shape index (κ3) is 4.58. The van der Waals surface area contributed by atoms with Gasteiger partial charge in [-0.2, -0.15) is 5.10 Å². The molecule has 2 aliphatic rings. The van der Waals surface area contributed by atoms with Crippen LogP contribution in [-0.4, -0.2) is 92.8 Å². The molecule has 3 rings (SSSR count). The predicted molar refractivity (Wildman–Crippen MR) is 91.7 cm³/mol. The summed E-state index contributed by atoms with van der Waals surface area (Å²) in [6.45, 7) is 5.68. The molecule has 2 amide bonds. The minimum Gasteiger partial charge on any atom is -0.390 e. The van der Waals surface area contributed by atoms with Crippen LogP contribution in [-0.2, 0) is 16.1 Å². The summed E-state index contributed by atoms with van der Waals surface area (Å²) in [5.74, 6) is 0.112. The van der Waals surface area contributed by atoms with Gasteiger partial charge in [0.15, 0.2) is 0 Å². The first kappa shape index (κ1) is 17.9. The molecule has 1 aromatic heterocycles. The molecule has 1 atom stereocenters. The maximum absolute atomic E-state index is 12.5. The van der Waals surface area contributed by atoms with Gasteiger partial charge in [0.1, 0.15) is 6.54 Å². The highest BCUT2D eigenvalue weighted by Gasteiger charge is 2.30. The zero-order valence-corrected chi connectivity index (χ0v) is 14.8. The Morgan fingerprint density at radius 3 is 2.52 bits per heavy atom. The number of nitrogens with zero attached hydrogens (tertiary/aromatic N) is 5. The van der Waals surface area contributed by atoms with Gasteiger partial charge in [0.05, 0.1) is 6.10 Å². The number of piperidine rings is 1. The lowest BCUT2D eigenvalue weighted by Gasteiger charge is -2.38. The molecule has 2 fully saturated rings. The van der Waals surface area contributed by atoms with Gasteiger partial charge in [0.25, 0.3) is 0 Å². The minimum atomic E-state index is -0.546. The summed E-state index contributed by atoms with van der Waals surface area (Å²) in [6, 6.07) is 2.16. The Hall–Kier alpha value is -1.93. The standard InChI is InChI=1S/C17H27N5O3/c1-14(23)19-7-3-15(4-8-19)20-9-10-21(12-16(24)11-20)17(25)13-22-6-2-5-18-22/h2,5-6,15-16,24H,3-4,7-13H2,1H3/t16-/m1/s1. The van der Waals surface area contributed by atoms with Crippen molar-refractivity contribution in [2.45, 2.75) is 38.5 Å². The first-order valence-electron chi connectivity index (χ1n) is 8.96. The molecule has 3 heterocycles. The van der Waals surface area contributed by atoms with E-state index in [4.69, 9.17) is 0 Å². The Bertz CT molecular complexity index is 583. The van der Waals surface area contributed by atoms with Crippen LogP contribution in [0, 0.1) is 0 Å². The van der Waals surface area contributed by atoms with Crippen LogP contribution >= 0.6 is 0 Å². The predicted octanol–water partition coefficient (Wildman–Crippen LogP) is -0.601. The Labute approximate surface area is 148 Å². The van der Waals surface area contributed by atoms with Gasteiger partial charge in [-0.15, -0.1) is 0 Å². The molecule has 8 nitrogen and oxygen atoms in total. The van der Waals surface area contributed by atoms with Crippen LogP contribution in [0.15, 0.2) is 18.5 Å². The van der Waals surface area contributed by atoms with E-state index < -0.39 is 6.10 Å². The van der Waals surface area contributed by atoms with Crippen LogP contribution < -0.4 is 0 Å². The quantitative estimate of drug-likeness (QED) is 0.788. The van der Waals surface area contributed by atoms with Gasteiger partial charge in [-0.25, -0.2) is 0 Å². The van der Waals surface area contributed by atoms with E-state index in [9.17, 15) is 14.7 Å². The minimum absolute atomic E-state index is 0.0176. The third-order valence-corrected chi connectivity index (χ3v) is 5.17. The fourth-order valence-electron chi connectivity index (χ4n) is 3.75. The number of hydrogen-bond acceptors (Lipinski definition) is 5. The summed E-state index contributed by atoms with van der Waals surface area (Å²) in [5, 5.41) is 14.4. The Balaban J connectivity index is 1.54. The topological polar surface area (TPSA) is 81.9 Å². The number of hydrogen-bond donors (Lipinski definition) is 1. The van der Waals surface area contributed by atoms with Crippen LogP contribution in [0.1, 0.15) is 19.8 Å². The maximum Gasteiger partial charge on any atom is 0.244 e. The van der Waals surface area contributed by atoms with Crippen molar-refractivity contribution in [1.29, 1.82) is 0 Å². The molecule has 0 bridgehead atoms. The Kier molecular flexibility index (Phi) is 5.70. The van der Waals surface area contributed by atoms with Crippen molar-refractivity contribution in [3.05, 3.63) is 18.5 Å². The largest absolute Gasteiger partial charge is 0.390 e. The molecule has 25 heavy (non-hydrogen) atoms. The second kappa shape index (κ2) is 7.97. The first-order valence-corrected chi connectivity index (χ1v) is 8.96. The van der Waals surface area contributed by atoms with Gasteiger partial charge < -0.3 is 14.9 Å². The van der Waals surface area contributed by atoms with Crippen LogP contribution in [0.4, 0.5) is 0 Å². The molecule has 0 aromatic carbocycles. The molecule has 0 unspecified atom stereocenters. The van der Waals surface area contributed by atoms with Crippen LogP contribution in [0.25, 0.3) is 0 Å². The van der Waals surface area contributed by atoms with E-state index >= 15 is 0 Å². The molecule has 0 saturated carbocycles. The van der Waals surface area contributed by atoms with Crippen molar-refractivity contribution in [1.82, 2.24) is 24.5 Å². The van der Waals surface area contributed by atoms with E-state index in [2.05, 4.69) is 10.00 Å². The van der Waals surface area contributed by atoms with E-state index in [1.807, 2.05) is 4.90 Å². The monoisotopic (exact) mass is 349 g/mol. The number of β-amino-alcohol motifs (C(OH)–C–C–N with tert-alkyl or cyclic N) is 1. The molecule has 2 aliphatic heterocycles. The van der Waals surface area contributed by atoms with Crippen molar-refractivity contribution in [2.24, 2.45) is 0 Å². The molecular formula is C17H27N5O3. The van der Waals surface area contributed by atoms with Crippen LogP contribution in [0.5, 0.6) is 0 Å². The van der Waals surface area contributed by atoms with E-state index in [1.165, 1.54) is 0 Å². The van der Waals surface area contributed by atoms with Gasteiger partial charge in [0.2, 0.25) is 11.8 Å². The summed E-state index contributed by atoms with van der Waals surface area (Å²) >= 11 is 0. The molecule has 1 aromatic rings. The molecule has 8 heteroatoms. The van der Waals surface area contributed by atoms with Gasteiger partial charge in [-0.3, -0.25) is 19.2 Å². The fraction of sp³-hybridized carbons (Fsp3) is 0.706. The smallest absolute Gasteiger partial charge is 0.244 e. The number of rotatable bonds is 3. The van der Waals surface area contributed by atoms with E-state index in [0.29, 0.717) is 25.7 Å². The van der Waals surface area contributed by atoms with Crippen molar-refractivity contribution in [3.63, 3.8) is 0 Å². The average molecular weight is 349 g/mol. The highest BCUT2D eigenvalue weighted by molar-refractivity contribution is 5.76. The van der Waals surface area contributed by atoms with Crippen molar-refractivity contribution in [2.75, 3.05) is 39.3 Å². The molecule has 2 saturated heterocycles. The lowest BCUT2D eigenvalue weighted by molar-refractivity contribution is -0.133. The zero-order chi connectivity index (χ0) is 17.8. The number of aliphatic hydroxyl groups is 1. The van der Waals surface area contributed by atoms with Gasteiger partial charge in [-0.1, -0.05) is 0 Å². The van der Waals surface area contributed by atoms with Crippen LogP contribution in [0.2, 0.25) is 0 Å². The van der Waals surface area contributed by atoms with Gasteiger partial charge >= 0.3 is 0 Å². The number of carbonyl (C=O) groups excluding carboxylic acids is 2. The number of amides is 2. The summed E-state index contributed by atoms with van der Waals surface area (Å²) in [6.07, 6.45) is 4.72. The fourth-order valence-corrected chi connectivity index (χ4v) is 3.75. The summed E-state index contributed by atoms with van der Waals surface area (Å²) in [7, 11) is 0. The normalized spacial score (nSPS) is 23.5. The number of aromatic nitrogens is 2. The summed E-state index contributed by atoms with van der Waals surface area (Å²) in [4.78, 5) is 29.8. The third-order valence-electron chi connectivity index (χ3n) is 5.17. The van der Waals surface area contributed by atoms with E-state index in [0.717, 1.165) is 32.5 Å². The molecule has 138 valence electrons. The van der Waals surface area contributed by atoms with Crippen LogP contribution in [0.3, 0.4) is 0 Å². The highest BCUT2D eigenvalue weighted by Crippen LogP contribution is 2.19. The zero-order valence-electron chi connectivity index (χ0n) is 14.8. The van der Waals surface area contributed by atoms with Crippen molar-refractivity contribution >= 4 is 11.8 Å². The highest BCUT2D eigenvalue weighted by atomic mass is 16.3. The number of aliphatic hydroxyl groups excluding tert-OH is 1. The number of carbonyl (C=O) groups is 2. The van der Waals surface area contributed by atoms with Crippen molar-refractivity contribution < 1.29 is 14.7 Å².